The van der Waals surface area contributed by atoms with Crippen LogP contribution in [0.5, 0.6) is 0 Å². The molecule has 1 aliphatic rings. The fourth-order valence-electron chi connectivity index (χ4n) is 2.68. The summed E-state index contributed by atoms with van der Waals surface area (Å²) in [7, 11) is 0. The Hall–Kier alpha value is -2.43. The Bertz CT molecular complexity index is 763. The molecule has 0 unspecified atom stereocenters. The van der Waals surface area contributed by atoms with Crippen LogP contribution in [0.1, 0.15) is 30.1 Å². The van der Waals surface area contributed by atoms with Crippen molar-refractivity contribution in [1.82, 2.24) is 14.3 Å². The summed E-state index contributed by atoms with van der Waals surface area (Å²) < 4.78 is 1.41. The molecule has 0 aliphatic carbocycles. The second kappa shape index (κ2) is 5.52. The van der Waals surface area contributed by atoms with Crippen LogP contribution in [0, 0.1) is 0 Å². The third-order valence-electron chi connectivity index (χ3n) is 3.75. The van der Waals surface area contributed by atoms with Crippen LogP contribution < -0.4 is 5.56 Å². The zero-order valence-corrected chi connectivity index (χ0v) is 11.9. The van der Waals surface area contributed by atoms with Gasteiger partial charge in [-0.3, -0.25) is 14.0 Å². The first-order valence-corrected chi connectivity index (χ1v) is 7.16. The Kier molecular flexibility index (Phi) is 3.56. The normalized spacial score (nSPS) is 17.6. The van der Waals surface area contributed by atoms with Gasteiger partial charge < -0.3 is 4.90 Å². The van der Waals surface area contributed by atoms with Crippen LogP contribution in [-0.4, -0.2) is 32.8 Å². The van der Waals surface area contributed by atoms with Crippen LogP contribution >= 0.6 is 0 Å². The van der Waals surface area contributed by atoms with E-state index in [1.807, 2.05) is 18.2 Å². The molecule has 0 saturated carbocycles. The minimum atomic E-state index is -0.312. The molecular formula is C16H17N3O2. The van der Waals surface area contributed by atoms with Crippen LogP contribution in [-0.2, 0) is 0 Å². The maximum Gasteiger partial charge on any atom is 0.270 e. The van der Waals surface area contributed by atoms with Crippen molar-refractivity contribution in [1.29, 1.82) is 0 Å². The third-order valence-corrected chi connectivity index (χ3v) is 3.75. The van der Waals surface area contributed by atoms with Crippen molar-refractivity contribution in [2.24, 2.45) is 0 Å². The van der Waals surface area contributed by atoms with Crippen LogP contribution in [0.4, 0.5) is 0 Å². The molecule has 2 aromatic rings. The number of hydrogen-bond donors (Lipinski definition) is 0. The number of aromatic nitrogens is 2. The average Bonchev–Trinajstić information content (AvgIpc) is 2.96. The van der Waals surface area contributed by atoms with Gasteiger partial charge in [0.05, 0.1) is 6.04 Å². The number of amides is 1. The van der Waals surface area contributed by atoms with E-state index in [0.29, 0.717) is 12.2 Å². The van der Waals surface area contributed by atoms with Gasteiger partial charge in [0.25, 0.3) is 11.5 Å². The summed E-state index contributed by atoms with van der Waals surface area (Å²) >= 11 is 0. The lowest BCUT2D eigenvalue weighted by Gasteiger charge is -2.24. The van der Waals surface area contributed by atoms with Crippen molar-refractivity contribution in [3.05, 3.63) is 58.7 Å². The summed E-state index contributed by atoms with van der Waals surface area (Å²) in [5.74, 6) is -0.241. The van der Waals surface area contributed by atoms with E-state index in [9.17, 15) is 9.59 Å². The van der Waals surface area contributed by atoms with Crippen molar-refractivity contribution >= 4 is 11.6 Å². The van der Waals surface area contributed by atoms with Crippen molar-refractivity contribution in [2.45, 2.75) is 25.8 Å². The molecule has 0 aromatic carbocycles. The first-order valence-electron chi connectivity index (χ1n) is 7.16. The quantitative estimate of drug-likeness (QED) is 0.808. The van der Waals surface area contributed by atoms with Gasteiger partial charge in [-0.1, -0.05) is 31.6 Å². The predicted octanol–water partition coefficient (Wildman–Crippen LogP) is 1.88. The monoisotopic (exact) mass is 283 g/mol. The van der Waals surface area contributed by atoms with Crippen molar-refractivity contribution < 1.29 is 4.79 Å². The van der Waals surface area contributed by atoms with E-state index in [-0.39, 0.29) is 23.1 Å². The maximum absolute atomic E-state index is 12.6. The summed E-state index contributed by atoms with van der Waals surface area (Å²) in [5.41, 5.74) is 0.361. The Balaban J connectivity index is 1.99. The van der Waals surface area contributed by atoms with E-state index >= 15 is 0 Å². The highest BCUT2D eigenvalue weighted by Crippen LogP contribution is 2.17. The summed E-state index contributed by atoms with van der Waals surface area (Å²) in [6.07, 6.45) is 8.94. The second-order valence-electron chi connectivity index (χ2n) is 5.15. The number of fused-ring (bicyclic) bond motifs is 1. The fourth-order valence-corrected chi connectivity index (χ4v) is 2.68. The molecule has 5 heteroatoms. The van der Waals surface area contributed by atoms with Crippen molar-refractivity contribution in [3.8, 4) is 0 Å². The molecule has 3 rings (SSSR count). The lowest BCUT2D eigenvalue weighted by Crippen LogP contribution is -2.39. The van der Waals surface area contributed by atoms with Gasteiger partial charge in [0, 0.05) is 18.9 Å². The Morgan fingerprint density at radius 2 is 2.29 bits per heavy atom. The Labute approximate surface area is 122 Å². The minimum Gasteiger partial charge on any atom is -0.328 e. The highest BCUT2D eigenvalue weighted by molar-refractivity contribution is 5.94. The standard InChI is InChI=1S/C16H17N3O2/c1-2-6-12-7-5-10-18(12)15(20)13-11-17-14-8-3-4-9-19(14)16(13)21/h3-5,7-9,11-12H,2,6,10H2,1H3/t12-/m0/s1. The van der Waals surface area contributed by atoms with E-state index in [1.165, 1.54) is 10.6 Å². The number of pyridine rings is 1. The molecule has 0 N–H and O–H groups in total. The van der Waals surface area contributed by atoms with Gasteiger partial charge in [0.2, 0.25) is 0 Å². The molecular weight excluding hydrogens is 266 g/mol. The first-order chi connectivity index (χ1) is 10.2. The SMILES string of the molecule is CCC[C@H]1C=CCN1C(=O)c1cnc2ccccn2c1=O. The third kappa shape index (κ3) is 2.35. The van der Waals surface area contributed by atoms with Crippen LogP contribution in [0.15, 0.2) is 47.5 Å². The zero-order chi connectivity index (χ0) is 14.8. The lowest BCUT2D eigenvalue weighted by molar-refractivity contribution is 0.0742. The van der Waals surface area contributed by atoms with E-state index in [0.717, 1.165) is 12.8 Å². The van der Waals surface area contributed by atoms with Crippen molar-refractivity contribution in [3.63, 3.8) is 0 Å². The molecule has 0 bridgehead atoms. The first kappa shape index (κ1) is 13.5. The van der Waals surface area contributed by atoms with Gasteiger partial charge >= 0.3 is 0 Å². The number of carbonyl (C=O) groups is 1. The number of carbonyl (C=O) groups excluding carboxylic acids is 1. The Morgan fingerprint density at radius 1 is 1.43 bits per heavy atom. The molecule has 0 radical (unpaired) electrons. The second-order valence-corrected chi connectivity index (χ2v) is 5.15. The van der Waals surface area contributed by atoms with Gasteiger partial charge in [0.1, 0.15) is 11.2 Å². The predicted molar refractivity (Wildman–Crippen MR) is 80.3 cm³/mol. The summed E-state index contributed by atoms with van der Waals surface area (Å²) in [6.45, 7) is 2.64. The fraction of sp³-hybridized carbons (Fsp3) is 0.312. The lowest BCUT2D eigenvalue weighted by atomic mass is 10.1. The maximum atomic E-state index is 12.6. The van der Waals surface area contributed by atoms with Crippen LogP contribution in [0.3, 0.4) is 0 Å². The molecule has 0 fully saturated rings. The zero-order valence-electron chi connectivity index (χ0n) is 11.9. The highest BCUT2D eigenvalue weighted by atomic mass is 16.2. The minimum absolute atomic E-state index is 0.0818. The molecule has 1 amide bonds. The molecule has 0 saturated heterocycles. The van der Waals surface area contributed by atoms with E-state index in [4.69, 9.17) is 0 Å². The summed E-state index contributed by atoms with van der Waals surface area (Å²) in [4.78, 5) is 31.0. The molecule has 3 heterocycles. The largest absolute Gasteiger partial charge is 0.328 e. The molecule has 2 aromatic heterocycles. The van der Waals surface area contributed by atoms with Gasteiger partial charge in [0.15, 0.2) is 0 Å². The molecule has 1 atom stereocenters. The van der Waals surface area contributed by atoms with Crippen molar-refractivity contribution in [2.75, 3.05) is 6.54 Å². The Morgan fingerprint density at radius 3 is 3.10 bits per heavy atom. The van der Waals surface area contributed by atoms with Crippen LogP contribution in [0.2, 0.25) is 0 Å². The molecule has 5 nitrogen and oxygen atoms in total. The highest BCUT2D eigenvalue weighted by Gasteiger charge is 2.27. The van der Waals surface area contributed by atoms with Gasteiger partial charge in [-0.15, -0.1) is 0 Å². The van der Waals surface area contributed by atoms with E-state index in [1.54, 1.807) is 23.2 Å². The molecule has 0 spiro atoms. The molecule has 108 valence electrons. The number of hydrogen-bond acceptors (Lipinski definition) is 3. The topological polar surface area (TPSA) is 54.7 Å². The number of rotatable bonds is 3. The van der Waals surface area contributed by atoms with Gasteiger partial charge in [-0.05, 0) is 18.6 Å². The average molecular weight is 283 g/mol. The molecule has 21 heavy (non-hydrogen) atoms. The summed E-state index contributed by atoms with van der Waals surface area (Å²) in [5, 5.41) is 0. The molecule has 1 aliphatic heterocycles. The van der Waals surface area contributed by atoms with E-state index in [2.05, 4.69) is 11.9 Å². The summed E-state index contributed by atoms with van der Waals surface area (Å²) in [6, 6.07) is 5.39. The number of nitrogens with zero attached hydrogens (tertiary/aromatic N) is 3. The van der Waals surface area contributed by atoms with Gasteiger partial charge in [-0.2, -0.15) is 0 Å². The van der Waals surface area contributed by atoms with Crippen LogP contribution in [0.25, 0.3) is 5.65 Å². The smallest absolute Gasteiger partial charge is 0.270 e. The van der Waals surface area contributed by atoms with Gasteiger partial charge in [-0.25, -0.2) is 4.98 Å². The van der Waals surface area contributed by atoms with E-state index < -0.39 is 0 Å².